The third-order valence-electron chi connectivity index (χ3n) is 4.42. The van der Waals surface area contributed by atoms with Gasteiger partial charge in [0, 0.05) is 43.2 Å². The van der Waals surface area contributed by atoms with Crippen molar-refractivity contribution >= 4 is 23.1 Å². The summed E-state index contributed by atoms with van der Waals surface area (Å²) in [5, 5.41) is 9.95. The number of guanidine groups is 1. The zero-order chi connectivity index (χ0) is 19.4. The molecule has 0 amide bonds. The average Bonchev–Trinajstić information content (AvgIpc) is 3.28. The van der Waals surface area contributed by atoms with Crippen LogP contribution in [0.3, 0.4) is 0 Å². The van der Waals surface area contributed by atoms with Gasteiger partial charge in [-0.3, -0.25) is 4.99 Å². The maximum atomic E-state index is 13.9. The fraction of sp³-hybridized carbons (Fsp3) is 0.526. The first kappa shape index (κ1) is 19.5. The lowest BCUT2D eigenvalue weighted by Crippen LogP contribution is -2.44. The van der Waals surface area contributed by atoms with Crippen LogP contribution >= 0.6 is 11.3 Å². The summed E-state index contributed by atoms with van der Waals surface area (Å²) in [4.78, 5) is 15.1. The summed E-state index contributed by atoms with van der Waals surface area (Å²) in [5.41, 5.74) is 1.08. The lowest BCUT2D eigenvalue weighted by atomic mass is 9.98. The summed E-state index contributed by atoms with van der Waals surface area (Å²) in [6.07, 6.45) is 2.53. The number of hydrogen-bond acceptors (Lipinski definition) is 5. The summed E-state index contributed by atoms with van der Waals surface area (Å²) < 4.78 is 13.9. The van der Waals surface area contributed by atoms with E-state index < -0.39 is 0 Å². The first-order valence-electron chi connectivity index (χ1n) is 9.14. The lowest BCUT2D eigenvalue weighted by molar-refractivity contribution is 0.582. The number of nitrogens with one attached hydrogen (secondary N) is 2. The van der Waals surface area contributed by atoms with E-state index in [0.717, 1.165) is 29.6 Å². The Morgan fingerprint density at radius 1 is 1.44 bits per heavy atom. The quantitative estimate of drug-likeness (QED) is 0.621. The summed E-state index contributed by atoms with van der Waals surface area (Å²) in [7, 11) is 1.75. The van der Waals surface area contributed by atoms with E-state index in [1.54, 1.807) is 30.6 Å². The van der Waals surface area contributed by atoms with E-state index in [1.807, 2.05) is 4.90 Å². The molecule has 146 valence electrons. The normalized spacial score (nSPS) is 18.0. The molecule has 8 heteroatoms. The highest BCUT2D eigenvalue weighted by atomic mass is 32.1. The first-order chi connectivity index (χ1) is 12.9. The Bertz CT molecular complexity index is 797. The fourth-order valence-corrected chi connectivity index (χ4v) is 3.88. The van der Waals surface area contributed by atoms with Crippen LogP contribution in [0.15, 0.2) is 28.7 Å². The Balaban J connectivity index is 1.52. The topological polar surface area (TPSA) is 65.4 Å². The van der Waals surface area contributed by atoms with Gasteiger partial charge >= 0.3 is 0 Å². The molecule has 3 heterocycles. The van der Waals surface area contributed by atoms with Gasteiger partial charge < -0.3 is 15.5 Å². The molecule has 0 radical (unpaired) electrons. The predicted molar refractivity (Wildman–Crippen MR) is 109 cm³/mol. The minimum atomic E-state index is -0.279. The number of aliphatic imine (C=N–C) groups is 1. The molecule has 2 aromatic rings. The van der Waals surface area contributed by atoms with E-state index in [1.165, 1.54) is 6.07 Å². The van der Waals surface area contributed by atoms with Crippen molar-refractivity contribution in [3.05, 3.63) is 40.2 Å². The molecule has 27 heavy (non-hydrogen) atoms. The maximum absolute atomic E-state index is 13.9. The zero-order valence-electron chi connectivity index (χ0n) is 16.3. The van der Waals surface area contributed by atoms with Gasteiger partial charge in [-0.1, -0.05) is 20.8 Å². The molecule has 0 aliphatic carbocycles. The second-order valence-corrected chi connectivity index (χ2v) is 8.56. The molecule has 0 saturated carbocycles. The van der Waals surface area contributed by atoms with Gasteiger partial charge in [-0.2, -0.15) is 0 Å². The Labute approximate surface area is 163 Å². The van der Waals surface area contributed by atoms with E-state index in [0.29, 0.717) is 18.9 Å². The molecule has 6 nitrogen and oxygen atoms in total. The SMILES string of the molecule is CN=C(NCc1csc(C(C)(C)C)n1)NC1CCN(c2ncccc2F)C1. The van der Waals surface area contributed by atoms with Crippen molar-refractivity contribution in [2.75, 3.05) is 25.0 Å². The summed E-state index contributed by atoms with van der Waals surface area (Å²) in [5.74, 6) is 0.870. The lowest BCUT2D eigenvalue weighted by Gasteiger charge is -2.19. The average molecular weight is 391 g/mol. The Hall–Kier alpha value is -2.22. The van der Waals surface area contributed by atoms with Gasteiger partial charge in [0.05, 0.1) is 17.2 Å². The van der Waals surface area contributed by atoms with Crippen LogP contribution in [0, 0.1) is 5.82 Å². The first-order valence-corrected chi connectivity index (χ1v) is 10.0. The predicted octanol–water partition coefficient (Wildman–Crippen LogP) is 2.92. The Kier molecular flexibility index (Phi) is 5.94. The molecule has 0 bridgehead atoms. The van der Waals surface area contributed by atoms with Crippen molar-refractivity contribution < 1.29 is 4.39 Å². The number of anilines is 1. The Morgan fingerprint density at radius 3 is 2.93 bits per heavy atom. The van der Waals surface area contributed by atoms with Crippen LogP contribution < -0.4 is 15.5 Å². The molecule has 1 fully saturated rings. The molecule has 1 aliphatic heterocycles. The molecule has 1 saturated heterocycles. The highest BCUT2D eigenvalue weighted by Gasteiger charge is 2.26. The largest absolute Gasteiger partial charge is 0.352 e. The number of aromatic nitrogens is 2. The van der Waals surface area contributed by atoms with Crippen molar-refractivity contribution in [2.24, 2.45) is 4.99 Å². The molecule has 0 aromatic carbocycles. The second-order valence-electron chi connectivity index (χ2n) is 7.70. The third-order valence-corrected chi connectivity index (χ3v) is 5.74. The third kappa shape index (κ3) is 4.94. The molecule has 0 spiro atoms. The number of thiazole rings is 1. The van der Waals surface area contributed by atoms with Gasteiger partial charge in [0.15, 0.2) is 17.6 Å². The number of pyridine rings is 1. The van der Waals surface area contributed by atoms with Crippen LogP contribution in [-0.2, 0) is 12.0 Å². The van der Waals surface area contributed by atoms with Crippen molar-refractivity contribution in [1.82, 2.24) is 20.6 Å². The van der Waals surface area contributed by atoms with E-state index in [2.05, 4.69) is 46.8 Å². The molecule has 2 aromatic heterocycles. The van der Waals surface area contributed by atoms with E-state index in [9.17, 15) is 4.39 Å². The molecule has 1 unspecified atom stereocenters. The van der Waals surface area contributed by atoms with Crippen LogP contribution in [-0.4, -0.2) is 42.1 Å². The van der Waals surface area contributed by atoms with E-state index >= 15 is 0 Å². The highest BCUT2D eigenvalue weighted by molar-refractivity contribution is 7.09. The van der Waals surface area contributed by atoms with Gasteiger partial charge in [0.25, 0.3) is 0 Å². The van der Waals surface area contributed by atoms with Gasteiger partial charge in [0.1, 0.15) is 0 Å². The van der Waals surface area contributed by atoms with E-state index in [4.69, 9.17) is 4.98 Å². The molecule has 3 rings (SSSR count). The van der Waals surface area contributed by atoms with Gasteiger partial charge in [-0.25, -0.2) is 14.4 Å². The number of nitrogens with zero attached hydrogens (tertiary/aromatic N) is 4. The van der Waals surface area contributed by atoms with Gasteiger partial charge in [-0.05, 0) is 18.6 Å². The van der Waals surface area contributed by atoms with Crippen LogP contribution in [0.4, 0.5) is 10.2 Å². The number of hydrogen-bond donors (Lipinski definition) is 2. The van der Waals surface area contributed by atoms with Crippen molar-refractivity contribution in [1.29, 1.82) is 0 Å². The number of rotatable bonds is 4. The standard InChI is InChI=1S/C19H27FN6S/c1-19(2,3)17-24-14(12-27-17)10-23-18(21-4)25-13-7-9-26(11-13)16-15(20)6-5-8-22-16/h5-6,8,12-13H,7,9-11H2,1-4H3,(H2,21,23,25). The van der Waals surface area contributed by atoms with Gasteiger partial charge in [0.2, 0.25) is 0 Å². The van der Waals surface area contributed by atoms with Crippen LogP contribution in [0.25, 0.3) is 0 Å². The van der Waals surface area contributed by atoms with Crippen LogP contribution in [0.5, 0.6) is 0 Å². The number of halogens is 1. The maximum Gasteiger partial charge on any atom is 0.191 e. The smallest absolute Gasteiger partial charge is 0.191 e. The summed E-state index contributed by atoms with van der Waals surface area (Å²) >= 11 is 1.69. The van der Waals surface area contributed by atoms with Crippen molar-refractivity contribution in [2.45, 2.75) is 45.2 Å². The molecule has 1 aliphatic rings. The minimum Gasteiger partial charge on any atom is -0.352 e. The van der Waals surface area contributed by atoms with Gasteiger partial charge in [-0.15, -0.1) is 11.3 Å². The van der Waals surface area contributed by atoms with Crippen LogP contribution in [0.1, 0.15) is 37.9 Å². The van der Waals surface area contributed by atoms with Crippen LogP contribution in [0.2, 0.25) is 0 Å². The molecule has 2 N–H and O–H groups in total. The zero-order valence-corrected chi connectivity index (χ0v) is 17.1. The molecular weight excluding hydrogens is 363 g/mol. The monoisotopic (exact) mass is 390 g/mol. The molecular formula is C19H27FN6S. The fourth-order valence-electron chi connectivity index (χ4n) is 2.98. The van der Waals surface area contributed by atoms with Crippen molar-refractivity contribution in [3.63, 3.8) is 0 Å². The summed E-state index contributed by atoms with van der Waals surface area (Å²) in [6.45, 7) is 8.58. The summed E-state index contributed by atoms with van der Waals surface area (Å²) in [6, 6.07) is 3.25. The Morgan fingerprint density at radius 2 is 2.26 bits per heavy atom. The van der Waals surface area contributed by atoms with Crippen molar-refractivity contribution in [3.8, 4) is 0 Å². The highest BCUT2D eigenvalue weighted by Crippen LogP contribution is 2.25. The molecule has 1 atom stereocenters. The second kappa shape index (κ2) is 8.21. The minimum absolute atomic E-state index is 0.0664. The van der Waals surface area contributed by atoms with E-state index in [-0.39, 0.29) is 17.3 Å².